The fourth-order valence-corrected chi connectivity index (χ4v) is 2.21. The van der Waals surface area contributed by atoms with Gasteiger partial charge in [0.2, 0.25) is 5.91 Å². The number of carbonyl (C=O) groups excluding carboxylic acids is 1. The predicted molar refractivity (Wildman–Crippen MR) is 86.4 cm³/mol. The van der Waals surface area contributed by atoms with E-state index >= 15 is 0 Å². The summed E-state index contributed by atoms with van der Waals surface area (Å²) in [4.78, 5) is 15.6. The van der Waals surface area contributed by atoms with Gasteiger partial charge in [-0.05, 0) is 18.2 Å². The first-order valence-electron chi connectivity index (χ1n) is 7.29. The van der Waals surface area contributed by atoms with Crippen molar-refractivity contribution in [3.63, 3.8) is 0 Å². The lowest BCUT2D eigenvalue weighted by molar-refractivity contribution is -0.119. The first-order valence-corrected chi connectivity index (χ1v) is 7.29. The number of hydrogen-bond acceptors (Lipinski definition) is 5. The monoisotopic (exact) mass is 334 g/mol. The maximum absolute atomic E-state index is 12.9. The highest BCUT2D eigenvalue weighted by Crippen LogP contribution is 2.49. The Morgan fingerprint density at radius 3 is 2.71 bits per heavy atom. The number of nitrogens with zero attached hydrogens (tertiary/aromatic N) is 1. The van der Waals surface area contributed by atoms with Crippen LogP contribution >= 0.6 is 0 Å². The van der Waals surface area contributed by atoms with Crippen LogP contribution in [0.2, 0.25) is 0 Å². The van der Waals surface area contributed by atoms with Crippen molar-refractivity contribution in [2.24, 2.45) is 5.92 Å². The largest absolute Gasteiger partial charge is 0.457 e. The molecule has 0 radical (unpaired) electrons. The topological polar surface area (TPSA) is 89.3 Å². The Bertz CT molecular complexity index is 782. The minimum absolute atomic E-state index is 0.157. The number of nitrogens with two attached hydrogens (primary N) is 1. The smallest absolute Gasteiger partial charge is 0.260 e. The van der Waals surface area contributed by atoms with Crippen molar-refractivity contribution in [1.29, 1.82) is 0 Å². The molecule has 0 bridgehead atoms. The molecule has 1 aliphatic carbocycles. The van der Waals surface area contributed by atoms with E-state index in [2.05, 4.69) is 15.6 Å². The van der Waals surface area contributed by atoms with Gasteiger partial charge in [-0.1, -0.05) is 0 Å². The van der Waals surface area contributed by atoms with Crippen LogP contribution in [0.25, 0.3) is 0 Å². The SMILES string of the molecule is CNc1cc(Oc2ccnc(NC(=O)C3CC3(F)F)c2)ccc1N. The van der Waals surface area contributed by atoms with Crippen LogP contribution in [0, 0.1) is 5.92 Å². The number of anilines is 3. The van der Waals surface area contributed by atoms with Crippen LogP contribution in [0.1, 0.15) is 6.42 Å². The number of nitrogens with one attached hydrogen (secondary N) is 2. The second kappa shape index (κ2) is 5.95. The summed E-state index contributed by atoms with van der Waals surface area (Å²) in [5, 5.41) is 5.32. The number of ether oxygens (including phenoxy) is 1. The van der Waals surface area contributed by atoms with E-state index in [0.717, 1.165) is 0 Å². The average molecular weight is 334 g/mol. The molecule has 0 saturated heterocycles. The third-order valence-corrected chi connectivity index (χ3v) is 3.65. The van der Waals surface area contributed by atoms with Crippen molar-refractivity contribution in [3.05, 3.63) is 36.5 Å². The summed E-state index contributed by atoms with van der Waals surface area (Å²) >= 11 is 0. The van der Waals surface area contributed by atoms with Gasteiger partial charge in [0.15, 0.2) is 0 Å². The van der Waals surface area contributed by atoms with Gasteiger partial charge in [-0.25, -0.2) is 13.8 Å². The Morgan fingerprint density at radius 2 is 2.04 bits per heavy atom. The highest BCUT2D eigenvalue weighted by atomic mass is 19.3. The molecule has 1 amide bonds. The summed E-state index contributed by atoms with van der Waals surface area (Å²) in [5.41, 5.74) is 7.09. The van der Waals surface area contributed by atoms with Gasteiger partial charge in [0, 0.05) is 31.8 Å². The van der Waals surface area contributed by atoms with E-state index in [1.54, 1.807) is 31.3 Å². The first kappa shape index (κ1) is 16.0. The van der Waals surface area contributed by atoms with Crippen molar-refractivity contribution in [2.75, 3.05) is 23.4 Å². The van der Waals surface area contributed by atoms with Gasteiger partial charge in [-0.2, -0.15) is 0 Å². The molecule has 24 heavy (non-hydrogen) atoms. The Hall–Kier alpha value is -2.90. The lowest BCUT2D eigenvalue weighted by Crippen LogP contribution is -2.18. The molecule has 1 saturated carbocycles. The number of aromatic nitrogens is 1. The van der Waals surface area contributed by atoms with Crippen LogP contribution in [0.15, 0.2) is 36.5 Å². The lowest BCUT2D eigenvalue weighted by Gasteiger charge is -2.10. The summed E-state index contributed by atoms with van der Waals surface area (Å²) in [6.07, 6.45) is 1.000. The van der Waals surface area contributed by atoms with Gasteiger partial charge in [-0.15, -0.1) is 0 Å². The van der Waals surface area contributed by atoms with Crippen LogP contribution in [-0.2, 0) is 4.79 Å². The van der Waals surface area contributed by atoms with E-state index in [1.165, 1.54) is 12.3 Å². The van der Waals surface area contributed by atoms with Gasteiger partial charge in [0.25, 0.3) is 5.92 Å². The third kappa shape index (κ3) is 3.37. The van der Waals surface area contributed by atoms with E-state index in [4.69, 9.17) is 10.5 Å². The van der Waals surface area contributed by atoms with Gasteiger partial charge in [0.05, 0.1) is 11.4 Å². The fraction of sp³-hybridized carbons (Fsp3) is 0.250. The zero-order valence-corrected chi connectivity index (χ0v) is 12.8. The third-order valence-electron chi connectivity index (χ3n) is 3.65. The molecular weight excluding hydrogens is 318 g/mol. The summed E-state index contributed by atoms with van der Waals surface area (Å²) in [6.45, 7) is 0. The van der Waals surface area contributed by atoms with Gasteiger partial charge in [-0.3, -0.25) is 4.79 Å². The highest BCUT2D eigenvalue weighted by Gasteiger charge is 2.61. The summed E-state index contributed by atoms with van der Waals surface area (Å²) in [5.74, 6) is -3.83. The van der Waals surface area contributed by atoms with Crippen molar-refractivity contribution in [2.45, 2.75) is 12.3 Å². The zero-order chi connectivity index (χ0) is 17.3. The van der Waals surface area contributed by atoms with Crippen molar-refractivity contribution in [1.82, 2.24) is 4.98 Å². The molecule has 1 unspecified atom stereocenters. The van der Waals surface area contributed by atoms with Gasteiger partial charge in [0.1, 0.15) is 23.2 Å². The van der Waals surface area contributed by atoms with Crippen molar-refractivity contribution < 1.29 is 18.3 Å². The van der Waals surface area contributed by atoms with Gasteiger partial charge < -0.3 is 21.1 Å². The number of rotatable bonds is 5. The van der Waals surface area contributed by atoms with Gasteiger partial charge >= 0.3 is 0 Å². The molecule has 2 aromatic rings. The number of carbonyl (C=O) groups is 1. The maximum Gasteiger partial charge on any atom is 0.260 e. The summed E-state index contributed by atoms with van der Waals surface area (Å²) < 4.78 is 31.5. The molecule has 1 fully saturated rings. The number of nitrogen functional groups attached to an aromatic ring is 1. The molecule has 1 aliphatic rings. The Balaban J connectivity index is 1.70. The standard InChI is InChI=1S/C16H16F2N4O2/c1-20-13-6-9(2-3-12(13)19)24-10-4-5-21-14(7-10)22-15(23)11-8-16(11,17)18/h2-7,11,20H,8,19H2,1H3,(H,21,22,23). The second-order valence-electron chi connectivity index (χ2n) is 5.48. The fourth-order valence-electron chi connectivity index (χ4n) is 2.21. The molecule has 4 N–H and O–H groups in total. The zero-order valence-electron chi connectivity index (χ0n) is 12.8. The van der Waals surface area contributed by atoms with E-state index in [-0.39, 0.29) is 5.82 Å². The van der Waals surface area contributed by atoms with E-state index in [9.17, 15) is 13.6 Å². The maximum atomic E-state index is 12.9. The van der Waals surface area contributed by atoms with E-state index in [0.29, 0.717) is 22.9 Å². The quantitative estimate of drug-likeness (QED) is 0.731. The number of halogens is 2. The van der Waals surface area contributed by atoms with Crippen LogP contribution < -0.4 is 21.1 Å². The summed E-state index contributed by atoms with van der Waals surface area (Å²) in [6, 6.07) is 8.17. The van der Waals surface area contributed by atoms with Crippen molar-refractivity contribution in [3.8, 4) is 11.5 Å². The number of pyridine rings is 1. The van der Waals surface area contributed by atoms with Crippen LogP contribution in [-0.4, -0.2) is 23.9 Å². The second-order valence-corrected chi connectivity index (χ2v) is 5.48. The van der Waals surface area contributed by atoms with E-state index in [1.807, 2.05) is 0 Å². The Labute approximate surface area is 137 Å². The normalized spacial score (nSPS) is 17.9. The molecular formula is C16H16F2N4O2. The molecule has 3 rings (SSSR count). The molecule has 0 aliphatic heterocycles. The number of alkyl halides is 2. The number of benzene rings is 1. The minimum Gasteiger partial charge on any atom is -0.457 e. The highest BCUT2D eigenvalue weighted by molar-refractivity contribution is 5.94. The minimum atomic E-state index is -2.91. The van der Waals surface area contributed by atoms with Crippen molar-refractivity contribution >= 4 is 23.1 Å². The summed E-state index contributed by atoms with van der Waals surface area (Å²) in [7, 11) is 1.74. The first-order chi connectivity index (χ1) is 11.4. The van der Waals surface area contributed by atoms with Crippen LogP contribution in [0.4, 0.5) is 26.0 Å². The molecule has 1 aromatic carbocycles. The molecule has 1 atom stereocenters. The molecule has 126 valence electrons. The number of hydrogen-bond donors (Lipinski definition) is 3. The average Bonchev–Trinajstić information content (AvgIpc) is 3.18. The molecule has 1 aromatic heterocycles. The van der Waals surface area contributed by atoms with E-state index < -0.39 is 24.2 Å². The molecule has 8 heteroatoms. The Kier molecular flexibility index (Phi) is 3.96. The molecule has 0 spiro atoms. The number of amides is 1. The predicted octanol–water partition coefficient (Wildman–Crippen LogP) is 3.09. The van der Waals surface area contributed by atoms with Crippen LogP contribution in [0.5, 0.6) is 11.5 Å². The van der Waals surface area contributed by atoms with Crippen LogP contribution in [0.3, 0.4) is 0 Å². The lowest BCUT2D eigenvalue weighted by atomic mass is 10.2. The Morgan fingerprint density at radius 1 is 1.33 bits per heavy atom. The molecule has 6 nitrogen and oxygen atoms in total. The molecule has 1 heterocycles.